The normalized spacial score (nSPS) is 9.92. The Kier molecular flexibility index (Phi) is 2.27. The summed E-state index contributed by atoms with van der Waals surface area (Å²) >= 11 is 0. The minimum absolute atomic E-state index is 0.172. The summed E-state index contributed by atoms with van der Waals surface area (Å²) < 4.78 is 1.07. The van der Waals surface area contributed by atoms with Gasteiger partial charge in [-0.05, 0) is 11.8 Å². The van der Waals surface area contributed by atoms with Crippen LogP contribution in [-0.4, -0.2) is 25.8 Å². The van der Waals surface area contributed by atoms with Gasteiger partial charge in [0.15, 0.2) is 5.69 Å². The fourth-order valence-electron chi connectivity index (χ4n) is 0.906. The van der Waals surface area contributed by atoms with Crippen LogP contribution >= 0.6 is 0 Å². The molecule has 13 heavy (non-hydrogen) atoms. The van der Waals surface area contributed by atoms with Gasteiger partial charge >= 0.3 is 11.8 Å². The highest BCUT2D eigenvalue weighted by molar-refractivity contribution is 5.86. The van der Waals surface area contributed by atoms with E-state index in [1.807, 2.05) is 0 Å². The van der Waals surface area contributed by atoms with E-state index in [-0.39, 0.29) is 12.2 Å². The van der Waals surface area contributed by atoms with Gasteiger partial charge in [0, 0.05) is 0 Å². The molecule has 0 spiro atoms. The van der Waals surface area contributed by atoms with E-state index in [0.29, 0.717) is 0 Å². The number of nitrogens with zero attached hydrogens (tertiary/aromatic N) is 3. The first-order valence-electron chi connectivity index (χ1n) is 3.51. The second-order valence-corrected chi connectivity index (χ2v) is 2.27. The summed E-state index contributed by atoms with van der Waals surface area (Å²) in [5, 5.41) is 22.3. The van der Waals surface area contributed by atoms with Gasteiger partial charge in [0.2, 0.25) is 0 Å². The first-order valence-corrected chi connectivity index (χ1v) is 3.51. The Morgan fingerprint density at radius 2 is 2.46 bits per heavy atom. The van der Waals surface area contributed by atoms with Crippen LogP contribution in [0.5, 0.6) is 0 Å². The number of aryl methyl sites for hydroxylation is 1. The van der Waals surface area contributed by atoms with Crippen LogP contribution in [0.1, 0.15) is 17.4 Å². The van der Waals surface area contributed by atoms with E-state index in [0.717, 1.165) is 10.7 Å². The third-order valence-electron chi connectivity index (χ3n) is 1.47. The molecule has 7 heteroatoms. The zero-order valence-corrected chi connectivity index (χ0v) is 6.80. The van der Waals surface area contributed by atoms with Gasteiger partial charge in [0.05, 0.1) is 17.7 Å². The zero-order chi connectivity index (χ0) is 10.0. The molecule has 0 aliphatic rings. The zero-order valence-electron chi connectivity index (χ0n) is 6.80. The second-order valence-electron chi connectivity index (χ2n) is 2.27. The fourth-order valence-corrected chi connectivity index (χ4v) is 0.906. The van der Waals surface area contributed by atoms with Gasteiger partial charge in [0.25, 0.3) is 0 Å². The number of carboxylic acid groups (broad SMARTS) is 1. The number of carbonyl (C=O) groups is 1. The van der Waals surface area contributed by atoms with Crippen LogP contribution in [0.4, 0.5) is 5.82 Å². The SMILES string of the molecule is CCn1nc([N+](=O)[O-])cc1C(=O)O. The average molecular weight is 185 g/mol. The number of nitro groups is 1. The van der Waals surface area contributed by atoms with Gasteiger partial charge in [0.1, 0.15) is 0 Å². The molecule has 1 N–H and O–H groups in total. The van der Waals surface area contributed by atoms with Crippen molar-refractivity contribution in [3.8, 4) is 0 Å². The van der Waals surface area contributed by atoms with Gasteiger partial charge in [-0.1, -0.05) is 0 Å². The van der Waals surface area contributed by atoms with Crippen LogP contribution in [0, 0.1) is 10.1 Å². The van der Waals surface area contributed by atoms with E-state index in [4.69, 9.17) is 5.11 Å². The van der Waals surface area contributed by atoms with E-state index in [2.05, 4.69) is 5.10 Å². The van der Waals surface area contributed by atoms with Gasteiger partial charge < -0.3 is 15.2 Å². The Hall–Kier alpha value is -1.92. The second kappa shape index (κ2) is 3.21. The maximum Gasteiger partial charge on any atom is 0.390 e. The molecule has 0 saturated heterocycles. The molecule has 7 nitrogen and oxygen atoms in total. The Morgan fingerprint density at radius 1 is 1.85 bits per heavy atom. The van der Waals surface area contributed by atoms with Crippen molar-refractivity contribution in [2.24, 2.45) is 0 Å². The number of aromatic nitrogens is 2. The van der Waals surface area contributed by atoms with Crippen LogP contribution < -0.4 is 0 Å². The molecule has 0 fully saturated rings. The van der Waals surface area contributed by atoms with Crippen molar-refractivity contribution < 1.29 is 14.8 Å². The minimum atomic E-state index is -1.22. The van der Waals surface area contributed by atoms with Crippen molar-refractivity contribution in [3.63, 3.8) is 0 Å². The lowest BCUT2D eigenvalue weighted by Gasteiger charge is -1.91. The van der Waals surface area contributed by atoms with Crippen LogP contribution in [0.25, 0.3) is 0 Å². The van der Waals surface area contributed by atoms with E-state index in [1.54, 1.807) is 6.92 Å². The maximum atomic E-state index is 10.5. The van der Waals surface area contributed by atoms with Gasteiger partial charge in [-0.25, -0.2) is 4.79 Å². The third-order valence-corrected chi connectivity index (χ3v) is 1.47. The molecule has 0 atom stereocenters. The Balaban J connectivity index is 3.19. The Bertz CT molecular complexity index is 357. The van der Waals surface area contributed by atoms with Crippen LogP contribution in [0.3, 0.4) is 0 Å². The van der Waals surface area contributed by atoms with E-state index >= 15 is 0 Å². The van der Waals surface area contributed by atoms with Gasteiger partial charge in [-0.15, -0.1) is 0 Å². The van der Waals surface area contributed by atoms with E-state index < -0.39 is 16.7 Å². The highest BCUT2D eigenvalue weighted by Gasteiger charge is 2.21. The quantitative estimate of drug-likeness (QED) is 0.546. The predicted molar refractivity (Wildman–Crippen MR) is 41.5 cm³/mol. The molecular formula is C6H7N3O4. The van der Waals surface area contributed by atoms with E-state index in [1.165, 1.54) is 0 Å². The molecule has 0 amide bonds. The molecule has 1 aromatic heterocycles. The molecule has 0 aliphatic carbocycles. The minimum Gasteiger partial charge on any atom is -0.476 e. The molecule has 0 aromatic carbocycles. The van der Waals surface area contributed by atoms with Crippen molar-refractivity contribution >= 4 is 11.8 Å². The van der Waals surface area contributed by atoms with E-state index in [9.17, 15) is 14.9 Å². The van der Waals surface area contributed by atoms with Crippen molar-refractivity contribution in [2.75, 3.05) is 0 Å². The Morgan fingerprint density at radius 3 is 2.77 bits per heavy atom. The maximum absolute atomic E-state index is 10.5. The molecule has 1 rings (SSSR count). The molecule has 0 bridgehead atoms. The average Bonchev–Trinajstić information content (AvgIpc) is 2.47. The highest BCUT2D eigenvalue weighted by atomic mass is 16.6. The molecule has 1 heterocycles. The summed E-state index contributed by atoms with van der Waals surface area (Å²) in [7, 11) is 0. The smallest absolute Gasteiger partial charge is 0.390 e. The molecular weight excluding hydrogens is 178 g/mol. The number of carboxylic acids is 1. The molecule has 0 radical (unpaired) electrons. The highest BCUT2D eigenvalue weighted by Crippen LogP contribution is 2.11. The summed E-state index contributed by atoms with van der Waals surface area (Å²) in [6.45, 7) is 1.94. The van der Waals surface area contributed by atoms with Crippen LogP contribution in [-0.2, 0) is 6.54 Å². The summed E-state index contributed by atoms with van der Waals surface area (Å²) in [4.78, 5) is 20.1. The number of aromatic carboxylic acids is 1. The van der Waals surface area contributed by atoms with Crippen LogP contribution in [0.15, 0.2) is 6.07 Å². The molecule has 0 unspecified atom stereocenters. The number of hydrogen-bond donors (Lipinski definition) is 1. The first kappa shape index (κ1) is 9.17. The molecule has 70 valence electrons. The molecule has 0 saturated carbocycles. The Labute approximate surface area is 72.7 Å². The topological polar surface area (TPSA) is 98.3 Å². The third kappa shape index (κ3) is 1.63. The number of rotatable bonds is 3. The summed E-state index contributed by atoms with van der Waals surface area (Å²) in [5.74, 6) is -1.67. The molecule has 0 aliphatic heterocycles. The number of hydrogen-bond acceptors (Lipinski definition) is 4. The summed E-state index contributed by atoms with van der Waals surface area (Å²) in [5.41, 5.74) is -0.172. The monoisotopic (exact) mass is 185 g/mol. The lowest BCUT2D eigenvalue weighted by Crippen LogP contribution is -2.08. The largest absolute Gasteiger partial charge is 0.476 e. The van der Waals surface area contributed by atoms with Crippen LogP contribution in [0.2, 0.25) is 0 Å². The lowest BCUT2D eigenvalue weighted by atomic mass is 10.4. The van der Waals surface area contributed by atoms with Crippen molar-refractivity contribution in [3.05, 3.63) is 21.9 Å². The van der Waals surface area contributed by atoms with Crippen molar-refractivity contribution in [2.45, 2.75) is 13.5 Å². The van der Waals surface area contributed by atoms with Gasteiger partial charge in [-0.3, -0.25) is 0 Å². The first-order chi connectivity index (χ1) is 6.06. The lowest BCUT2D eigenvalue weighted by molar-refractivity contribution is -0.389. The summed E-state index contributed by atoms with van der Waals surface area (Å²) in [6.07, 6.45) is 0. The van der Waals surface area contributed by atoms with Gasteiger partial charge in [-0.2, -0.15) is 4.68 Å². The van der Waals surface area contributed by atoms with Crippen molar-refractivity contribution in [1.29, 1.82) is 0 Å². The predicted octanol–water partition coefficient (Wildman–Crippen LogP) is 0.509. The summed E-state index contributed by atoms with van der Waals surface area (Å²) in [6, 6.07) is 0.936. The standard InChI is InChI=1S/C6H7N3O4/c1-2-8-4(6(10)11)3-5(7-8)9(12)13/h3H,2H2,1H3,(H,10,11). The molecule has 1 aromatic rings. The fraction of sp³-hybridized carbons (Fsp3) is 0.333. The van der Waals surface area contributed by atoms with Crippen molar-refractivity contribution in [1.82, 2.24) is 9.78 Å².